The largest absolute Gasteiger partial charge is 0.204 e. The quantitative estimate of drug-likeness (QED) is 0.593. The third-order valence-corrected chi connectivity index (χ3v) is 6.61. The van der Waals surface area contributed by atoms with Gasteiger partial charge in [0.2, 0.25) is 0 Å². The van der Waals surface area contributed by atoms with Gasteiger partial charge in [-0.1, -0.05) is 53.7 Å². The summed E-state index contributed by atoms with van der Waals surface area (Å²) in [6.45, 7) is 0. The van der Waals surface area contributed by atoms with Gasteiger partial charge in [-0.05, 0) is 55.1 Å². The van der Waals surface area contributed by atoms with Crippen molar-refractivity contribution in [3.05, 3.63) is 35.4 Å². The molecule has 21 heavy (non-hydrogen) atoms. The molecule has 116 valence electrons. The van der Waals surface area contributed by atoms with E-state index >= 15 is 0 Å². The summed E-state index contributed by atoms with van der Waals surface area (Å²) >= 11 is 3.76. The van der Waals surface area contributed by atoms with Gasteiger partial charge in [0.15, 0.2) is 11.6 Å². The molecular formula is C18H23BrF2. The number of fused-ring (bicyclic) bond motifs is 1. The van der Waals surface area contributed by atoms with Gasteiger partial charge in [-0.25, -0.2) is 8.78 Å². The van der Waals surface area contributed by atoms with Crippen molar-refractivity contribution in [1.82, 2.24) is 0 Å². The Kier molecular flexibility index (Phi) is 4.98. The summed E-state index contributed by atoms with van der Waals surface area (Å²) in [7, 11) is 0. The SMILES string of the molecule is Fc1cccc(CC(Br)C2CCC3CCCCC3C2)c1F. The van der Waals surface area contributed by atoms with Gasteiger partial charge in [-0.3, -0.25) is 0 Å². The van der Waals surface area contributed by atoms with Gasteiger partial charge in [-0.15, -0.1) is 0 Å². The van der Waals surface area contributed by atoms with Crippen LogP contribution < -0.4 is 0 Å². The first-order valence-corrected chi connectivity index (χ1v) is 9.13. The molecule has 1 aromatic carbocycles. The van der Waals surface area contributed by atoms with Crippen molar-refractivity contribution in [3.63, 3.8) is 0 Å². The van der Waals surface area contributed by atoms with Gasteiger partial charge in [-0.2, -0.15) is 0 Å². The third kappa shape index (κ3) is 3.49. The Hall–Kier alpha value is -0.440. The zero-order valence-corrected chi connectivity index (χ0v) is 13.9. The van der Waals surface area contributed by atoms with E-state index < -0.39 is 11.6 Å². The maximum Gasteiger partial charge on any atom is 0.162 e. The van der Waals surface area contributed by atoms with Gasteiger partial charge in [0.1, 0.15) is 0 Å². The lowest BCUT2D eigenvalue weighted by atomic mass is 9.66. The van der Waals surface area contributed by atoms with Crippen molar-refractivity contribution in [3.8, 4) is 0 Å². The fourth-order valence-electron chi connectivity index (χ4n) is 4.32. The Balaban J connectivity index is 1.63. The molecule has 0 bridgehead atoms. The van der Waals surface area contributed by atoms with Crippen molar-refractivity contribution in [2.45, 2.75) is 56.2 Å². The highest BCUT2D eigenvalue weighted by molar-refractivity contribution is 9.09. The molecule has 2 saturated carbocycles. The lowest BCUT2D eigenvalue weighted by Gasteiger charge is -2.41. The van der Waals surface area contributed by atoms with Crippen molar-refractivity contribution in [2.75, 3.05) is 0 Å². The zero-order chi connectivity index (χ0) is 14.8. The second-order valence-electron chi connectivity index (χ2n) is 6.81. The van der Waals surface area contributed by atoms with Gasteiger partial charge in [0.05, 0.1) is 0 Å². The Morgan fingerprint density at radius 1 is 1.05 bits per heavy atom. The monoisotopic (exact) mass is 356 g/mol. The maximum absolute atomic E-state index is 13.8. The van der Waals surface area contributed by atoms with Crippen molar-refractivity contribution in [2.24, 2.45) is 17.8 Å². The molecule has 0 aliphatic heterocycles. The molecule has 0 radical (unpaired) electrons. The van der Waals surface area contributed by atoms with Crippen LogP contribution in [0.15, 0.2) is 18.2 Å². The highest BCUT2D eigenvalue weighted by Crippen LogP contribution is 2.45. The Bertz CT molecular complexity index is 488. The highest BCUT2D eigenvalue weighted by atomic mass is 79.9. The second-order valence-corrected chi connectivity index (χ2v) is 7.99. The minimum absolute atomic E-state index is 0.261. The molecule has 3 rings (SSSR count). The number of rotatable bonds is 3. The van der Waals surface area contributed by atoms with E-state index in [9.17, 15) is 8.78 Å². The first kappa shape index (κ1) is 15.5. The zero-order valence-electron chi connectivity index (χ0n) is 12.3. The molecule has 0 heterocycles. The molecule has 0 aromatic heterocycles. The van der Waals surface area contributed by atoms with Crippen molar-refractivity contribution < 1.29 is 8.78 Å². The molecule has 0 nitrogen and oxygen atoms in total. The van der Waals surface area contributed by atoms with Gasteiger partial charge < -0.3 is 0 Å². The van der Waals surface area contributed by atoms with Crippen LogP contribution >= 0.6 is 15.9 Å². The highest BCUT2D eigenvalue weighted by Gasteiger charge is 2.34. The summed E-state index contributed by atoms with van der Waals surface area (Å²) in [5.74, 6) is 0.999. The molecule has 2 aliphatic rings. The lowest BCUT2D eigenvalue weighted by Crippen LogP contribution is -2.32. The first-order chi connectivity index (χ1) is 10.1. The van der Waals surface area contributed by atoms with Crippen LogP contribution in [0.2, 0.25) is 0 Å². The third-order valence-electron chi connectivity index (χ3n) is 5.54. The van der Waals surface area contributed by atoms with Gasteiger partial charge in [0, 0.05) is 4.83 Å². The molecule has 2 fully saturated rings. The van der Waals surface area contributed by atoms with E-state index in [1.165, 1.54) is 51.0 Å². The number of alkyl halides is 1. The van der Waals surface area contributed by atoms with Crippen LogP contribution in [0.25, 0.3) is 0 Å². The van der Waals surface area contributed by atoms with E-state index in [2.05, 4.69) is 15.9 Å². The fraction of sp³-hybridized carbons (Fsp3) is 0.667. The summed E-state index contributed by atoms with van der Waals surface area (Å²) < 4.78 is 27.1. The van der Waals surface area contributed by atoms with Crippen LogP contribution in [0.1, 0.15) is 50.5 Å². The Morgan fingerprint density at radius 2 is 1.81 bits per heavy atom. The molecule has 4 unspecified atom stereocenters. The summed E-state index contributed by atoms with van der Waals surface area (Å²) in [6, 6.07) is 4.50. The Morgan fingerprint density at radius 3 is 2.62 bits per heavy atom. The molecular weight excluding hydrogens is 334 g/mol. The molecule has 0 saturated heterocycles. The minimum Gasteiger partial charge on any atom is -0.204 e. The van der Waals surface area contributed by atoms with Crippen LogP contribution in [0.5, 0.6) is 0 Å². The van der Waals surface area contributed by atoms with Crippen LogP contribution in [0, 0.1) is 29.4 Å². The van der Waals surface area contributed by atoms with Crippen LogP contribution in [0.4, 0.5) is 8.78 Å². The minimum atomic E-state index is -0.733. The van der Waals surface area contributed by atoms with Gasteiger partial charge >= 0.3 is 0 Å². The molecule has 2 aliphatic carbocycles. The van der Waals surface area contributed by atoms with Crippen molar-refractivity contribution >= 4 is 15.9 Å². The number of hydrogen-bond donors (Lipinski definition) is 0. The Labute approximate surface area is 134 Å². The number of halogens is 3. The number of hydrogen-bond acceptors (Lipinski definition) is 0. The summed E-state index contributed by atoms with van der Waals surface area (Å²) in [6.07, 6.45) is 9.95. The lowest BCUT2D eigenvalue weighted by molar-refractivity contribution is 0.129. The molecule has 3 heteroatoms. The van der Waals surface area contributed by atoms with E-state index in [1.54, 1.807) is 12.1 Å². The molecule has 0 amide bonds. The molecule has 0 spiro atoms. The average molecular weight is 357 g/mol. The summed E-state index contributed by atoms with van der Waals surface area (Å²) in [5.41, 5.74) is 0.502. The predicted octanol–water partition coefficient (Wildman–Crippen LogP) is 5.88. The molecule has 4 atom stereocenters. The number of benzene rings is 1. The van der Waals surface area contributed by atoms with Crippen LogP contribution in [-0.4, -0.2) is 4.83 Å². The van der Waals surface area contributed by atoms with Crippen LogP contribution in [-0.2, 0) is 6.42 Å². The van der Waals surface area contributed by atoms with Gasteiger partial charge in [0.25, 0.3) is 0 Å². The van der Waals surface area contributed by atoms with E-state index in [1.807, 2.05) is 0 Å². The van der Waals surface area contributed by atoms with E-state index in [-0.39, 0.29) is 4.83 Å². The van der Waals surface area contributed by atoms with Crippen molar-refractivity contribution in [1.29, 1.82) is 0 Å². The fourth-order valence-corrected chi connectivity index (χ4v) is 5.15. The maximum atomic E-state index is 13.8. The standard InChI is InChI=1S/C18H23BrF2/c19-16(11-15-6-3-7-17(20)18(15)21)14-9-8-12-4-1-2-5-13(12)10-14/h3,6-7,12-14,16H,1-2,4-5,8-11H2. The average Bonchev–Trinajstić information content (AvgIpc) is 2.51. The van der Waals surface area contributed by atoms with E-state index in [0.717, 1.165) is 11.8 Å². The van der Waals surface area contributed by atoms with E-state index in [4.69, 9.17) is 0 Å². The topological polar surface area (TPSA) is 0 Å². The second kappa shape index (κ2) is 6.76. The first-order valence-electron chi connectivity index (χ1n) is 8.22. The molecule has 0 N–H and O–H groups in total. The predicted molar refractivity (Wildman–Crippen MR) is 85.6 cm³/mol. The smallest absolute Gasteiger partial charge is 0.162 e. The van der Waals surface area contributed by atoms with Crippen LogP contribution in [0.3, 0.4) is 0 Å². The molecule has 1 aromatic rings. The normalized spacial score (nSPS) is 30.7. The summed E-state index contributed by atoms with van der Waals surface area (Å²) in [5, 5.41) is 0. The summed E-state index contributed by atoms with van der Waals surface area (Å²) in [4.78, 5) is 0.261. The van der Waals surface area contributed by atoms with E-state index in [0.29, 0.717) is 17.9 Å².